The molecule has 1 atom stereocenters. The minimum atomic E-state index is -1.23. The predicted octanol–water partition coefficient (Wildman–Crippen LogP) is 6.35. The number of hydrogen-bond donors (Lipinski definition) is 3. The van der Waals surface area contributed by atoms with Crippen molar-refractivity contribution in [2.24, 2.45) is 5.41 Å². The number of hydrogen-bond acceptors (Lipinski definition) is 5. The fourth-order valence-corrected chi connectivity index (χ4v) is 4.50. The van der Waals surface area contributed by atoms with Crippen LogP contribution in [0.1, 0.15) is 31.1 Å². The number of fused-ring (bicyclic) bond motifs is 1. The van der Waals surface area contributed by atoms with E-state index in [2.05, 4.69) is 15.6 Å². The molecule has 6 nitrogen and oxygen atoms in total. The van der Waals surface area contributed by atoms with Crippen LogP contribution in [0.2, 0.25) is 0 Å². The minimum Gasteiger partial charge on any atom is -0.480 e. The third-order valence-electron chi connectivity index (χ3n) is 5.50. The molecule has 0 saturated carbocycles. The average molecular weight is 514 g/mol. The molecule has 4 rings (SSSR count). The van der Waals surface area contributed by atoms with Crippen LogP contribution >= 0.6 is 11.3 Å². The zero-order chi connectivity index (χ0) is 26.2. The summed E-state index contributed by atoms with van der Waals surface area (Å²) < 4.78 is 43.6. The number of benzene rings is 3. The second-order valence-electron chi connectivity index (χ2n) is 9.26. The van der Waals surface area contributed by atoms with Gasteiger partial charge in [-0.05, 0) is 59.0 Å². The first-order valence-electron chi connectivity index (χ1n) is 10.9. The van der Waals surface area contributed by atoms with Gasteiger partial charge < -0.3 is 15.7 Å². The highest BCUT2D eigenvalue weighted by molar-refractivity contribution is 7.22. The van der Waals surface area contributed by atoms with Crippen LogP contribution in [0.15, 0.2) is 54.6 Å². The Kier molecular flexibility index (Phi) is 6.73. The van der Waals surface area contributed by atoms with Crippen LogP contribution in [0.25, 0.3) is 21.3 Å². The average Bonchev–Trinajstić information content (AvgIpc) is 3.19. The van der Waals surface area contributed by atoms with E-state index in [-0.39, 0.29) is 17.1 Å². The lowest BCUT2D eigenvalue weighted by Crippen LogP contribution is -2.49. The number of amides is 1. The van der Waals surface area contributed by atoms with Crippen molar-refractivity contribution in [2.75, 3.05) is 5.32 Å². The number of carboxylic acids is 1. The highest BCUT2D eigenvalue weighted by atomic mass is 32.1. The molecule has 1 heterocycles. The molecule has 0 aliphatic rings. The van der Waals surface area contributed by atoms with Crippen molar-refractivity contribution in [3.05, 3.63) is 77.6 Å². The monoisotopic (exact) mass is 513 g/mol. The smallest absolute Gasteiger partial charge is 0.326 e. The number of aromatic nitrogens is 1. The molecule has 186 valence electrons. The fourth-order valence-electron chi connectivity index (χ4n) is 3.60. The van der Waals surface area contributed by atoms with Gasteiger partial charge in [0.25, 0.3) is 5.91 Å². The standard InChI is InChI=1S/C26H22F3N3O3S/c1-26(2,3)22(24(34)35)32-23(33)16-7-4-13(10-17(16)28)14-5-8-19(18(29)11-14)30-25-31-20-9-6-15(27)12-21(20)36-25/h4-12,22H,1-3H3,(H,30,31)(H,32,33)(H,34,35)/t22-/m1/s1. The number of nitrogens with zero attached hydrogens (tertiary/aromatic N) is 1. The van der Waals surface area contributed by atoms with Crippen LogP contribution in [0.5, 0.6) is 0 Å². The molecule has 0 bridgehead atoms. The summed E-state index contributed by atoms with van der Waals surface area (Å²) in [7, 11) is 0. The van der Waals surface area contributed by atoms with Crippen LogP contribution in [0.3, 0.4) is 0 Å². The zero-order valence-corrected chi connectivity index (χ0v) is 20.3. The second-order valence-corrected chi connectivity index (χ2v) is 10.3. The Morgan fingerprint density at radius 3 is 2.22 bits per heavy atom. The largest absolute Gasteiger partial charge is 0.480 e. The van der Waals surface area contributed by atoms with Crippen LogP contribution < -0.4 is 10.6 Å². The summed E-state index contributed by atoms with van der Waals surface area (Å²) in [6.45, 7) is 4.94. The Morgan fingerprint density at radius 1 is 0.944 bits per heavy atom. The van der Waals surface area contributed by atoms with E-state index >= 15 is 0 Å². The molecule has 3 aromatic carbocycles. The lowest BCUT2D eigenvalue weighted by molar-refractivity contribution is -0.142. The first kappa shape index (κ1) is 25.2. The van der Waals surface area contributed by atoms with Gasteiger partial charge in [0.05, 0.1) is 21.5 Å². The summed E-state index contributed by atoms with van der Waals surface area (Å²) in [6.07, 6.45) is 0. The Balaban J connectivity index is 1.53. The number of halogens is 3. The summed E-state index contributed by atoms with van der Waals surface area (Å²) in [6, 6.07) is 11.0. The molecule has 0 unspecified atom stereocenters. The van der Waals surface area contributed by atoms with Gasteiger partial charge in [0.2, 0.25) is 0 Å². The van der Waals surface area contributed by atoms with Crippen LogP contribution in [-0.2, 0) is 4.79 Å². The summed E-state index contributed by atoms with van der Waals surface area (Å²) in [4.78, 5) is 28.3. The number of rotatable bonds is 6. The fraction of sp³-hybridized carbons (Fsp3) is 0.192. The number of nitrogens with one attached hydrogen (secondary N) is 2. The zero-order valence-electron chi connectivity index (χ0n) is 19.5. The van der Waals surface area contributed by atoms with Crippen molar-refractivity contribution in [3.8, 4) is 11.1 Å². The number of aliphatic carboxylic acids is 1. The van der Waals surface area contributed by atoms with Gasteiger partial charge in [0.1, 0.15) is 23.5 Å². The van der Waals surface area contributed by atoms with Gasteiger partial charge >= 0.3 is 5.97 Å². The quantitative estimate of drug-likeness (QED) is 0.279. The summed E-state index contributed by atoms with van der Waals surface area (Å²) in [5.41, 5.74) is 0.311. The van der Waals surface area contributed by atoms with Crippen LogP contribution in [-0.4, -0.2) is 28.0 Å². The van der Waals surface area contributed by atoms with Gasteiger partial charge in [-0.25, -0.2) is 22.9 Å². The van der Waals surface area contributed by atoms with Crippen molar-refractivity contribution in [1.82, 2.24) is 10.3 Å². The molecule has 10 heteroatoms. The molecular formula is C26H22F3N3O3S. The van der Waals surface area contributed by atoms with Gasteiger partial charge in [-0.3, -0.25) is 4.79 Å². The summed E-state index contributed by atoms with van der Waals surface area (Å²) in [5.74, 6) is -3.96. The third kappa shape index (κ3) is 5.33. The topological polar surface area (TPSA) is 91.3 Å². The molecule has 0 aliphatic carbocycles. The maximum atomic E-state index is 14.8. The third-order valence-corrected chi connectivity index (χ3v) is 6.43. The van der Waals surface area contributed by atoms with E-state index in [4.69, 9.17) is 0 Å². The number of carbonyl (C=O) groups is 2. The number of thiazole rings is 1. The highest BCUT2D eigenvalue weighted by Gasteiger charge is 2.33. The molecule has 3 N–H and O–H groups in total. The van der Waals surface area contributed by atoms with Crippen molar-refractivity contribution in [3.63, 3.8) is 0 Å². The van der Waals surface area contributed by atoms with Crippen LogP contribution in [0, 0.1) is 22.9 Å². The number of carbonyl (C=O) groups excluding carboxylic acids is 1. The summed E-state index contributed by atoms with van der Waals surface area (Å²) >= 11 is 1.18. The molecule has 0 aliphatic heterocycles. The van der Waals surface area contributed by atoms with E-state index in [0.29, 0.717) is 26.5 Å². The molecule has 4 aromatic rings. The predicted molar refractivity (Wildman–Crippen MR) is 133 cm³/mol. The van der Waals surface area contributed by atoms with E-state index in [1.54, 1.807) is 26.8 Å². The molecular weight excluding hydrogens is 491 g/mol. The highest BCUT2D eigenvalue weighted by Crippen LogP contribution is 2.32. The van der Waals surface area contributed by atoms with Crippen molar-refractivity contribution >= 4 is 44.2 Å². The van der Waals surface area contributed by atoms with Gasteiger partial charge in [-0.2, -0.15) is 0 Å². The molecule has 0 fully saturated rings. The first-order chi connectivity index (χ1) is 16.9. The molecule has 0 radical (unpaired) electrons. The minimum absolute atomic E-state index is 0.136. The molecule has 1 amide bonds. The molecule has 0 spiro atoms. The maximum Gasteiger partial charge on any atom is 0.326 e. The Morgan fingerprint density at radius 2 is 1.61 bits per heavy atom. The van der Waals surface area contributed by atoms with E-state index in [1.807, 2.05) is 0 Å². The lowest BCUT2D eigenvalue weighted by atomic mass is 9.86. The van der Waals surface area contributed by atoms with Gasteiger partial charge in [-0.15, -0.1) is 0 Å². The SMILES string of the molecule is CC(C)(C)[C@H](NC(=O)c1ccc(-c2ccc(Nc3nc4ccc(F)cc4s3)c(F)c2)cc1F)C(=O)O. The van der Waals surface area contributed by atoms with E-state index in [9.17, 15) is 27.9 Å². The normalized spacial score (nSPS) is 12.4. The van der Waals surface area contributed by atoms with E-state index in [1.165, 1.54) is 53.8 Å². The number of anilines is 2. The summed E-state index contributed by atoms with van der Waals surface area (Å²) in [5, 5.41) is 15.0. The Labute approximate surface area is 208 Å². The number of carboxylic acid groups (broad SMARTS) is 1. The molecule has 0 saturated heterocycles. The van der Waals surface area contributed by atoms with E-state index in [0.717, 1.165) is 6.07 Å². The van der Waals surface area contributed by atoms with Crippen molar-refractivity contribution in [1.29, 1.82) is 0 Å². The lowest BCUT2D eigenvalue weighted by Gasteiger charge is -2.27. The maximum absolute atomic E-state index is 14.8. The van der Waals surface area contributed by atoms with Gasteiger partial charge in [0, 0.05) is 0 Å². The first-order valence-corrected chi connectivity index (χ1v) is 11.7. The van der Waals surface area contributed by atoms with Crippen molar-refractivity contribution < 1.29 is 27.9 Å². The van der Waals surface area contributed by atoms with Crippen LogP contribution in [0.4, 0.5) is 24.0 Å². The second kappa shape index (κ2) is 9.62. The Bertz CT molecular complexity index is 1480. The van der Waals surface area contributed by atoms with Gasteiger partial charge in [-0.1, -0.05) is 44.2 Å². The van der Waals surface area contributed by atoms with Gasteiger partial charge in [0.15, 0.2) is 5.13 Å². The molecule has 36 heavy (non-hydrogen) atoms. The molecule has 1 aromatic heterocycles. The van der Waals surface area contributed by atoms with Crippen molar-refractivity contribution in [2.45, 2.75) is 26.8 Å². The Hall–Kier alpha value is -3.92. The van der Waals surface area contributed by atoms with E-state index < -0.39 is 35.0 Å².